The number of rotatable bonds is 2. The molecule has 0 aliphatic carbocycles. The number of carbonyl (C=O) groups excluding carboxylic acids is 1. The highest BCUT2D eigenvalue weighted by Gasteiger charge is 2.27. The van der Waals surface area contributed by atoms with Gasteiger partial charge in [-0.25, -0.2) is 9.97 Å². The minimum Gasteiger partial charge on any atom is -0.368 e. The maximum absolute atomic E-state index is 12.9. The van der Waals surface area contributed by atoms with E-state index in [1.807, 2.05) is 59.5 Å². The minimum atomic E-state index is 0.0263. The number of aromatic nitrogens is 2. The lowest BCUT2D eigenvalue weighted by Crippen LogP contribution is -2.31. The van der Waals surface area contributed by atoms with Crippen molar-refractivity contribution < 1.29 is 4.79 Å². The second kappa shape index (κ2) is 5.77. The molecule has 1 aromatic heterocycles. The number of nitrogens with zero attached hydrogens (tertiary/aromatic N) is 3. The molecule has 5 heteroatoms. The first-order valence-electron chi connectivity index (χ1n) is 7.77. The Morgan fingerprint density at radius 2 is 1.79 bits per heavy atom. The van der Waals surface area contributed by atoms with Gasteiger partial charge in [-0.05, 0) is 11.6 Å². The number of carbonyl (C=O) groups is 1. The van der Waals surface area contributed by atoms with Crippen molar-refractivity contribution in [1.82, 2.24) is 9.97 Å². The van der Waals surface area contributed by atoms with Crippen LogP contribution in [0.15, 0.2) is 60.8 Å². The van der Waals surface area contributed by atoms with Crippen LogP contribution in [0.5, 0.6) is 0 Å². The smallest absolute Gasteiger partial charge is 0.231 e. The van der Waals surface area contributed by atoms with Gasteiger partial charge in [-0.15, -0.1) is 0 Å². The van der Waals surface area contributed by atoms with Gasteiger partial charge in [0.2, 0.25) is 11.9 Å². The van der Waals surface area contributed by atoms with Crippen molar-refractivity contribution in [2.24, 2.45) is 0 Å². The summed E-state index contributed by atoms with van der Waals surface area (Å²) in [5, 5.41) is 0. The molecule has 24 heavy (non-hydrogen) atoms. The predicted octanol–water partition coefficient (Wildman–Crippen LogP) is 2.82. The molecule has 1 aliphatic heterocycles. The molecular weight excluding hydrogens is 300 g/mol. The number of hydrogen-bond acceptors (Lipinski definition) is 4. The molecule has 3 aromatic rings. The van der Waals surface area contributed by atoms with Crippen molar-refractivity contribution in [1.29, 1.82) is 0 Å². The molecule has 0 unspecified atom stereocenters. The summed E-state index contributed by atoms with van der Waals surface area (Å²) >= 11 is 0. The van der Waals surface area contributed by atoms with Gasteiger partial charge in [0.1, 0.15) is 0 Å². The molecule has 118 valence electrons. The Labute approximate surface area is 139 Å². The highest BCUT2D eigenvalue weighted by Crippen LogP contribution is 2.36. The lowest BCUT2D eigenvalue weighted by atomic mass is 10.1. The Hall–Kier alpha value is -3.21. The quantitative estimate of drug-likeness (QED) is 0.789. The van der Waals surface area contributed by atoms with Crippen molar-refractivity contribution in [3.8, 4) is 11.3 Å². The maximum Gasteiger partial charge on any atom is 0.231 e. The largest absolute Gasteiger partial charge is 0.368 e. The standard InChI is InChI=1S/C19H16N4O/c20-19-21-11-14-10-17(24)23(12-13-6-2-1-3-7-13)16-9-5-4-8-15(16)18(14)22-19/h1-9,11H,10,12H2,(H2,20,21,22). The third-order valence-corrected chi connectivity index (χ3v) is 4.16. The lowest BCUT2D eigenvalue weighted by Gasteiger charge is -2.23. The van der Waals surface area contributed by atoms with Crippen LogP contribution >= 0.6 is 0 Å². The van der Waals surface area contributed by atoms with E-state index in [1.165, 1.54) is 0 Å². The van der Waals surface area contributed by atoms with Crippen molar-refractivity contribution in [2.75, 3.05) is 10.6 Å². The summed E-state index contributed by atoms with van der Waals surface area (Å²) in [5.74, 6) is 0.242. The zero-order valence-electron chi connectivity index (χ0n) is 13.0. The molecular formula is C19H16N4O. The van der Waals surface area contributed by atoms with Gasteiger partial charge >= 0.3 is 0 Å². The van der Waals surface area contributed by atoms with E-state index in [9.17, 15) is 4.79 Å². The third-order valence-electron chi connectivity index (χ3n) is 4.16. The molecule has 2 N–H and O–H groups in total. The van der Waals surface area contributed by atoms with Crippen molar-refractivity contribution in [3.05, 3.63) is 71.9 Å². The van der Waals surface area contributed by atoms with Gasteiger partial charge in [-0.1, -0.05) is 48.5 Å². The number of anilines is 2. The summed E-state index contributed by atoms with van der Waals surface area (Å²) in [5.41, 5.74) is 10.1. The molecule has 2 heterocycles. The Kier molecular flexibility index (Phi) is 3.46. The maximum atomic E-state index is 12.9. The zero-order chi connectivity index (χ0) is 16.5. The fourth-order valence-electron chi connectivity index (χ4n) is 3.02. The van der Waals surface area contributed by atoms with Crippen LogP contribution in [0.4, 0.5) is 11.6 Å². The van der Waals surface area contributed by atoms with E-state index >= 15 is 0 Å². The van der Waals surface area contributed by atoms with Gasteiger partial charge in [0, 0.05) is 17.3 Å². The lowest BCUT2D eigenvalue weighted by molar-refractivity contribution is -0.118. The highest BCUT2D eigenvalue weighted by molar-refractivity contribution is 6.01. The van der Waals surface area contributed by atoms with Crippen molar-refractivity contribution in [2.45, 2.75) is 13.0 Å². The number of nitrogens with two attached hydrogens (primary N) is 1. The van der Waals surface area contributed by atoms with Gasteiger partial charge in [0.25, 0.3) is 0 Å². The monoisotopic (exact) mass is 316 g/mol. The summed E-state index contributed by atoms with van der Waals surface area (Å²) in [6.45, 7) is 0.521. The molecule has 1 amide bonds. The van der Waals surface area contributed by atoms with Gasteiger partial charge in [-0.2, -0.15) is 0 Å². The predicted molar refractivity (Wildman–Crippen MR) is 93.2 cm³/mol. The number of nitrogen functional groups attached to an aromatic ring is 1. The van der Waals surface area contributed by atoms with Gasteiger partial charge in [-0.3, -0.25) is 4.79 Å². The first-order valence-corrected chi connectivity index (χ1v) is 7.77. The Bertz CT molecular complexity index is 908. The average Bonchev–Trinajstić information content (AvgIpc) is 2.72. The first-order chi connectivity index (χ1) is 11.7. The van der Waals surface area contributed by atoms with E-state index in [0.29, 0.717) is 6.54 Å². The normalized spacial score (nSPS) is 13.2. The van der Waals surface area contributed by atoms with Crippen LogP contribution in [0, 0.1) is 0 Å². The van der Waals surface area contributed by atoms with Gasteiger partial charge < -0.3 is 10.6 Å². The number of para-hydroxylation sites is 1. The summed E-state index contributed by atoms with van der Waals surface area (Å²) in [6.07, 6.45) is 1.91. The van der Waals surface area contributed by atoms with Crippen LogP contribution in [0.1, 0.15) is 11.1 Å². The van der Waals surface area contributed by atoms with Crippen LogP contribution in [0.2, 0.25) is 0 Å². The summed E-state index contributed by atoms with van der Waals surface area (Å²) < 4.78 is 0. The minimum absolute atomic E-state index is 0.0263. The molecule has 0 spiro atoms. The molecule has 1 aliphatic rings. The SMILES string of the molecule is Nc1ncc2c(n1)-c1ccccc1N(Cc1ccccc1)C(=O)C2. The van der Waals surface area contributed by atoms with E-state index in [1.54, 1.807) is 6.20 Å². The molecule has 0 radical (unpaired) electrons. The number of amides is 1. The number of benzene rings is 2. The zero-order valence-corrected chi connectivity index (χ0v) is 13.0. The van der Waals surface area contributed by atoms with E-state index in [0.717, 1.165) is 28.1 Å². The van der Waals surface area contributed by atoms with Crippen molar-refractivity contribution >= 4 is 17.5 Å². The van der Waals surface area contributed by atoms with E-state index in [2.05, 4.69) is 9.97 Å². The molecule has 4 rings (SSSR count). The number of hydrogen-bond donors (Lipinski definition) is 1. The van der Waals surface area contributed by atoms with E-state index < -0.39 is 0 Å². The molecule has 5 nitrogen and oxygen atoms in total. The molecule has 2 aromatic carbocycles. The van der Waals surface area contributed by atoms with Gasteiger partial charge in [0.15, 0.2) is 0 Å². The second-order valence-corrected chi connectivity index (χ2v) is 5.76. The topological polar surface area (TPSA) is 72.1 Å². The summed E-state index contributed by atoms with van der Waals surface area (Å²) in [4.78, 5) is 23.1. The summed E-state index contributed by atoms with van der Waals surface area (Å²) in [7, 11) is 0. The van der Waals surface area contributed by atoms with Crippen LogP contribution in [0.3, 0.4) is 0 Å². The van der Waals surface area contributed by atoms with Crippen molar-refractivity contribution in [3.63, 3.8) is 0 Å². The van der Waals surface area contributed by atoms with E-state index in [-0.39, 0.29) is 18.3 Å². The fraction of sp³-hybridized carbons (Fsp3) is 0.105. The average molecular weight is 316 g/mol. The Balaban J connectivity index is 1.85. The van der Waals surface area contributed by atoms with Crippen LogP contribution in [-0.2, 0) is 17.8 Å². The Morgan fingerprint density at radius 3 is 2.62 bits per heavy atom. The van der Waals surface area contributed by atoms with Crippen LogP contribution in [-0.4, -0.2) is 15.9 Å². The summed E-state index contributed by atoms with van der Waals surface area (Å²) in [6, 6.07) is 17.8. The van der Waals surface area contributed by atoms with Gasteiger partial charge in [0.05, 0.1) is 24.3 Å². The molecule has 0 saturated carbocycles. The first kappa shape index (κ1) is 14.4. The van der Waals surface area contributed by atoms with E-state index in [4.69, 9.17) is 5.73 Å². The van der Waals surface area contributed by atoms with Crippen LogP contribution in [0.25, 0.3) is 11.3 Å². The third kappa shape index (κ3) is 2.50. The molecule has 0 atom stereocenters. The molecule has 0 bridgehead atoms. The Morgan fingerprint density at radius 1 is 1.04 bits per heavy atom. The fourth-order valence-corrected chi connectivity index (χ4v) is 3.02. The number of fused-ring (bicyclic) bond motifs is 3. The molecule has 0 saturated heterocycles. The van der Waals surface area contributed by atoms with Crippen LogP contribution < -0.4 is 10.6 Å². The second-order valence-electron chi connectivity index (χ2n) is 5.76. The molecule has 0 fully saturated rings. The highest BCUT2D eigenvalue weighted by atomic mass is 16.2.